The van der Waals surface area contributed by atoms with E-state index in [-0.39, 0.29) is 18.7 Å². The van der Waals surface area contributed by atoms with Crippen molar-refractivity contribution < 1.29 is 18.7 Å². The van der Waals surface area contributed by atoms with Gasteiger partial charge < -0.3 is 19.2 Å². The highest BCUT2D eigenvalue weighted by atomic mass is 16.5. The molecule has 0 spiro atoms. The first-order chi connectivity index (χ1) is 15.1. The summed E-state index contributed by atoms with van der Waals surface area (Å²) in [7, 11) is 1.50. The number of hydrogen-bond donors (Lipinski definition) is 1. The Labute approximate surface area is 179 Å². The van der Waals surface area contributed by atoms with Gasteiger partial charge in [-0.1, -0.05) is 24.3 Å². The van der Waals surface area contributed by atoms with Crippen molar-refractivity contribution in [3.05, 3.63) is 88.9 Å². The number of nitriles is 2. The molecule has 0 saturated heterocycles. The number of amides is 1. The molecule has 0 aliphatic heterocycles. The predicted octanol–water partition coefficient (Wildman–Crippen LogP) is 3.96. The molecule has 7 heteroatoms. The summed E-state index contributed by atoms with van der Waals surface area (Å²) in [6.07, 6.45) is 2.98. The Balaban J connectivity index is 1.72. The lowest BCUT2D eigenvalue weighted by Crippen LogP contribution is -2.23. The third-order valence-electron chi connectivity index (χ3n) is 4.39. The van der Waals surface area contributed by atoms with Crippen LogP contribution in [0.2, 0.25) is 0 Å². The normalized spacial score (nSPS) is 10.6. The van der Waals surface area contributed by atoms with E-state index in [2.05, 4.69) is 11.4 Å². The van der Waals surface area contributed by atoms with Crippen LogP contribution in [0.3, 0.4) is 0 Å². The zero-order valence-corrected chi connectivity index (χ0v) is 16.8. The number of ether oxygens (including phenoxy) is 2. The van der Waals surface area contributed by atoms with Crippen molar-refractivity contribution in [1.29, 1.82) is 10.5 Å². The van der Waals surface area contributed by atoms with Gasteiger partial charge in [0, 0.05) is 5.56 Å². The van der Waals surface area contributed by atoms with Crippen LogP contribution < -0.4 is 14.8 Å². The maximum atomic E-state index is 12.3. The van der Waals surface area contributed by atoms with Gasteiger partial charge in [-0.3, -0.25) is 4.79 Å². The van der Waals surface area contributed by atoms with Crippen molar-refractivity contribution in [2.75, 3.05) is 7.11 Å². The topological polar surface area (TPSA) is 108 Å². The number of furan rings is 1. The molecule has 7 nitrogen and oxygen atoms in total. The second-order valence-corrected chi connectivity index (χ2v) is 6.40. The molecule has 31 heavy (non-hydrogen) atoms. The molecule has 0 saturated carbocycles. The summed E-state index contributed by atoms with van der Waals surface area (Å²) in [5, 5.41) is 21.2. The van der Waals surface area contributed by atoms with E-state index in [1.165, 1.54) is 19.4 Å². The Morgan fingerprint density at radius 2 is 1.97 bits per heavy atom. The molecule has 2 aromatic carbocycles. The Kier molecular flexibility index (Phi) is 7.07. The molecular formula is C24H19N3O4. The van der Waals surface area contributed by atoms with Crippen LogP contribution >= 0.6 is 0 Å². The number of benzene rings is 2. The number of rotatable bonds is 8. The number of methoxy groups -OCH3 is 1. The zero-order chi connectivity index (χ0) is 22.1. The number of nitrogens with zero attached hydrogens (tertiary/aromatic N) is 2. The van der Waals surface area contributed by atoms with E-state index in [1.54, 1.807) is 42.5 Å². The van der Waals surface area contributed by atoms with E-state index in [1.807, 2.05) is 18.2 Å². The maximum Gasteiger partial charge on any atom is 0.262 e. The first kappa shape index (κ1) is 21.2. The Morgan fingerprint density at radius 1 is 1.13 bits per heavy atom. The average Bonchev–Trinajstić information content (AvgIpc) is 3.33. The fourth-order valence-corrected chi connectivity index (χ4v) is 2.79. The predicted molar refractivity (Wildman–Crippen MR) is 113 cm³/mol. The van der Waals surface area contributed by atoms with E-state index in [0.717, 1.165) is 5.56 Å². The van der Waals surface area contributed by atoms with Gasteiger partial charge in [0.15, 0.2) is 11.5 Å². The molecule has 1 amide bonds. The van der Waals surface area contributed by atoms with Crippen molar-refractivity contribution in [1.82, 2.24) is 5.32 Å². The molecule has 1 N–H and O–H groups in total. The summed E-state index contributed by atoms with van der Waals surface area (Å²) in [5.74, 6) is 1.00. The van der Waals surface area contributed by atoms with E-state index in [0.29, 0.717) is 28.4 Å². The summed E-state index contributed by atoms with van der Waals surface area (Å²) in [6, 6.07) is 19.7. The Bertz CT molecular complexity index is 1170. The van der Waals surface area contributed by atoms with Crippen molar-refractivity contribution >= 4 is 12.0 Å². The zero-order valence-electron chi connectivity index (χ0n) is 16.8. The number of hydrogen-bond acceptors (Lipinski definition) is 6. The van der Waals surface area contributed by atoms with Crippen LogP contribution in [-0.4, -0.2) is 13.0 Å². The minimum Gasteiger partial charge on any atom is -0.493 e. The fraction of sp³-hybridized carbons (Fsp3) is 0.125. The third-order valence-corrected chi connectivity index (χ3v) is 4.39. The molecule has 0 aliphatic rings. The van der Waals surface area contributed by atoms with Gasteiger partial charge in [-0.15, -0.1) is 0 Å². The first-order valence-electron chi connectivity index (χ1n) is 9.36. The van der Waals surface area contributed by atoms with E-state index >= 15 is 0 Å². The first-order valence-corrected chi connectivity index (χ1v) is 9.36. The van der Waals surface area contributed by atoms with E-state index < -0.39 is 5.91 Å². The molecule has 0 unspecified atom stereocenters. The van der Waals surface area contributed by atoms with Crippen molar-refractivity contribution in [3.63, 3.8) is 0 Å². The van der Waals surface area contributed by atoms with Crippen LogP contribution in [0.25, 0.3) is 6.08 Å². The van der Waals surface area contributed by atoms with Crippen LogP contribution in [0.5, 0.6) is 11.5 Å². The van der Waals surface area contributed by atoms with E-state index in [4.69, 9.17) is 13.9 Å². The summed E-state index contributed by atoms with van der Waals surface area (Å²) in [6.45, 7) is 0.388. The molecule has 3 rings (SSSR count). The SMILES string of the molecule is COc1cc(/C=C(\C#N)C(=O)NCc2ccco2)ccc1OCc1ccccc1C#N. The minimum absolute atomic E-state index is 0.0507. The summed E-state index contributed by atoms with van der Waals surface area (Å²) >= 11 is 0. The van der Waals surface area contributed by atoms with Crippen molar-refractivity contribution in [3.8, 4) is 23.6 Å². The summed E-state index contributed by atoms with van der Waals surface area (Å²) in [4.78, 5) is 12.3. The van der Waals surface area contributed by atoms with Crippen molar-refractivity contribution in [2.45, 2.75) is 13.2 Å². The Hall–Kier alpha value is -4.49. The molecule has 0 radical (unpaired) electrons. The number of carbonyl (C=O) groups is 1. The molecule has 3 aromatic rings. The van der Waals surface area contributed by atoms with Gasteiger partial charge in [-0.25, -0.2) is 0 Å². The lowest BCUT2D eigenvalue weighted by atomic mass is 10.1. The number of carbonyl (C=O) groups excluding carboxylic acids is 1. The second-order valence-electron chi connectivity index (χ2n) is 6.40. The van der Waals surface area contributed by atoms with Gasteiger partial charge >= 0.3 is 0 Å². The van der Waals surface area contributed by atoms with Gasteiger partial charge in [0.25, 0.3) is 5.91 Å². The minimum atomic E-state index is -0.508. The van der Waals surface area contributed by atoms with E-state index in [9.17, 15) is 15.3 Å². The van der Waals surface area contributed by atoms with Crippen LogP contribution in [0.1, 0.15) is 22.5 Å². The van der Waals surface area contributed by atoms with Crippen molar-refractivity contribution in [2.24, 2.45) is 0 Å². The molecule has 0 atom stereocenters. The monoisotopic (exact) mass is 413 g/mol. The van der Waals surface area contributed by atoms with Crippen LogP contribution in [-0.2, 0) is 17.9 Å². The third kappa shape index (κ3) is 5.53. The fourth-order valence-electron chi connectivity index (χ4n) is 2.79. The molecular weight excluding hydrogens is 394 g/mol. The maximum absolute atomic E-state index is 12.3. The molecule has 1 heterocycles. The van der Waals surface area contributed by atoms with Gasteiger partial charge in [-0.05, 0) is 42.0 Å². The quantitative estimate of drug-likeness (QED) is 0.442. The van der Waals surface area contributed by atoms with Gasteiger partial charge in [-0.2, -0.15) is 10.5 Å². The smallest absolute Gasteiger partial charge is 0.262 e. The standard InChI is InChI=1S/C24H19N3O4/c1-29-23-12-17(11-20(14-26)24(28)27-15-21-7-4-10-30-21)8-9-22(23)31-16-19-6-3-2-5-18(19)13-25/h2-12H,15-16H2,1H3,(H,27,28)/b20-11+. The van der Waals surface area contributed by atoms with Crippen LogP contribution in [0, 0.1) is 22.7 Å². The average molecular weight is 413 g/mol. The lowest BCUT2D eigenvalue weighted by Gasteiger charge is -2.12. The molecule has 154 valence electrons. The van der Waals surface area contributed by atoms with Crippen LogP contribution in [0.15, 0.2) is 70.9 Å². The highest BCUT2D eigenvalue weighted by molar-refractivity contribution is 6.01. The molecule has 0 aliphatic carbocycles. The van der Waals surface area contributed by atoms with Crippen LogP contribution in [0.4, 0.5) is 0 Å². The lowest BCUT2D eigenvalue weighted by molar-refractivity contribution is -0.117. The molecule has 0 fully saturated rings. The second kappa shape index (κ2) is 10.3. The highest BCUT2D eigenvalue weighted by Crippen LogP contribution is 2.30. The Morgan fingerprint density at radius 3 is 2.68 bits per heavy atom. The molecule has 0 bridgehead atoms. The number of nitrogens with one attached hydrogen (secondary N) is 1. The largest absolute Gasteiger partial charge is 0.493 e. The van der Waals surface area contributed by atoms with Gasteiger partial charge in [0.05, 0.1) is 31.6 Å². The van der Waals surface area contributed by atoms with Gasteiger partial charge in [0.2, 0.25) is 0 Å². The highest BCUT2D eigenvalue weighted by Gasteiger charge is 2.12. The molecule has 1 aromatic heterocycles. The summed E-state index contributed by atoms with van der Waals surface area (Å²) in [5.41, 5.74) is 1.85. The van der Waals surface area contributed by atoms with Gasteiger partial charge in [0.1, 0.15) is 24.0 Å². The summed E-state index contributed by atoms with van der Waals surface area (Å²) < 4.78 is 16.4.